The number of carbonyl (C=O) groups is 2. The van der Waals surface area contributed by atoms with E-state index < -0.39 is 5.97 Å². The van der Waals surface area contributed by atoms with Gasteiger partial charge < -0.3 is 14.9 Å². The summed E-state index contributed by atoms with van der Waals surface area (Å²) in [7, 11) is 1.72. The molecule has 0 unspecified atom stereocenters. The molecule has 0 radical (unpaired) electrons. The number of amides is 2. The average Bonchev–Trinajstić information content (AvgIpc) is 2.80. The summed E-state index contributed by atoms with van der Waals surface area (Å²) in [5.41, 5.74) is 2.38. The fraction of sp³-hybridized carbons (Fsp3) is 0.429. The van der Waals surface area contributed by atoms with Crippen molar-refractivity contribution >= 4 is 12.0 Å². The summed E-state index contributed by atoms with van der Waals surface area (Å²) >= 11 is 0. The van der Waals surface area contributed by atoms with Gasteiger partial charge in [0.25, 0.3) is 0 Å². The Morgan fingerprint density at radius 3 is 2.37 bits per heavy atom. The molecule has 1 aliphatic rings. The third-order valence-electron chi connectivity index (χ3n) is 3.32. The van der Waals surface area contributed by atoms with Gasteiger partial charge in [-0.1, -0.05) is 24.3 Å². The minimum atomic E-state index is -0.825. The molecule has 0 fully saturated rings. The maximum Gasteiger partial charge on any atom is 0.320 e. The highest BCUT2D eigenvalue weighted by Crippen LogP contribution is 2.23. The van der Waals surface area contributed by atoms with Gasteiger partial charge >= 0.3 is 12.0 Å². The van der Waals surface area contributed by atoms with Crippen LogP contribution in [0.3, 0.4) is 0 Å². The van der Waals surface area contributed by atoms with Crippen molar-refractivity contribution in [3.8, 4) is 0 Å². The molecule has 1 aromatic carbocycles. The van der Waals surface area contributed by atoms with Crippen molar-refractivity contribution in [1.29, 1.82) is 0 Å². The molecule has 1 aromatic rings. The van der Waals surface area contributed by atoms with Crippen LogP contribution in [-0.2, 0) is 17.9 Å². The molecule has 1 N–H and O–H groups in total. The van der Waals surface area contributed by atoms with E-state index in [1.54, 1.807) is 16.8 Å². The van der Waals surface area contributed by atoms with Crippen molar-refractivity contribution < 1.29 is 14.7 Å². The summed E-state index contributed by atoms with van der Waals surface area (Å²) in [6.07, 6.45) is 0.580. The van der Waals surface area contributed by atoms with Crippen LogP contribution in [0.15, 0.2) is 24.3 Å². The van der Waals surface area contributed by atoms with Crippen molar-refractivity contribution in [2.75, 3.05) is 13.6 Å². The number of carboxylic acids is 1. The molecular formula is C14H18N2O3. The lowest BCUT2D eigenvalue weighted by atomic mass is 10.1. The van der Waals surface area contributed by atoms with E-state index in [0.29, 0.717) is 26.1 Å². The predicted octanol–water partition coefficient (Wildman–Crippen LogP) is 1.92. The quantitative estimate of drug-likeness (QED) is 0.901. The lowest BCUT2D eigenvalue weighted by molar-refractivity contribution is -0.137. The molecule has 0 aromatic heterocycles. The Morgan fingerprint density at radius 1 is 1.26 bits per heavy atom. The SMILES string of the molecule is CN(CCCC(=O)O)C(=O)N1Cc2ccccc2C1. The van der Waals surface area contributed by atoms with E-state index in [1.165, 1.54) is 11.1 Å². The van der Waals surface area contributed by atoms with Gasteiger partial charge in [-0.2, -0.15) is 0 Å². The first kappa shape index (κ1) is 13.4. The van der Waals surface area contributed by atoms with Crippen molar-refractivity contribution in [2.24, 2.45) is 0 Å². The van der Waals surface area contributed by atoms with E-state index >= 15 is 0 Å². The van der Waals surface area contributed by atoms with Gasteiger partial charge in [0.1, 0.15) is 0 Å². The van der Waals surface area contributed by atoms with Crippen LogP contribution in [0, 0.1) is 0 Å². The molecule has 5 heteroatoms. The summed E-state index contributed by atoms with van der Waals surface area (Å²) in [6.45, 7) is 1.74. The van der Waals surface area contributed by atoms with E-state index in [1.807, 2.05) is 24.3 Å². The van der Waals surface area contributed by atoms with Gasteiger partial charge in [-0.15, -0.1) is 0 Å². The molecule has 0 bridgehead atoms. The smallest absolute Gasteiger partial charge is 0.320 e. The standard InChI is InChI=1S/C14H18N2O3/c1-15(8-4-7-13(17)18)14(19)16-9-11-5-2-3-6-12(11)10-16/h2-3,5-6H,4,7-10H2,1H3,(H,17,18). The third-order valence-corrected chi connectivity index (χ3v) is 3.32. The molecule has 0 spiro atoms. The maximum absolute atomic E-state index is 12.2. The van der Waals surface area contributed by atoms with E-state index in [-0.39, 0.29) is 12.5 Å². The number of aliphatic carboxylic acids is 1. The van der Waals surface area contributed by atoms with Crippen LogP contribution in [0.4, 0.5) is 4.79 Å². The number of rotatable bonds is 4. The molecule has 19 heavy (non-hydrogen) atoms. The monoisotopic (exact) mass is 262 g/mol. The second-order valence-corrected chi connectivity index (χ2v) is 4.83. The zero-order valence-corrected chi connectivity index (χ0v) is 11.0. The average molecular weight is 262 g/mol. The highest BCUT2D eigenvalue weighted by atomic mass is 16.4. The lowest BCUT2D eigenvalue weighted by Crippen LogP contribution is -2.38. The normalized spacial score (nSPS) is 13.2. The number of benzene rings is 1. The molecule has 1 heterocycles. The fourth-order valence-corrected chi connectivity index (χ4v) is 2.27. The van der Waals surface area contributed by atoms with Crippen LogP contribution in [0.2, 0.25) is 0 Å². The maximum atomic E-state index is 12.2. The zero-order chi connectivity index (χ0) is 13.8. The van der Waals surface area contributed by atoms with Gasteiger partial charge in [0.05, 0.1) is 0 Å². The number of fused-ring (bicyclic) bond motifs is 1. The fourth-order valence-electron chi connectivity index (χ4n) is 2.27. The van der Waals surface area contributed by atoms with Crippen LogP contribution in [0.25, 0.3) is 0 Å². The summed E-state index contributed by atoms with van der Waals surface area (Å²) in [6, 6.07) is 7.98. The molecule has 0 saturated carbocycles. The highest BCUT2D eigenvalue weighted by Gasteiger charge is 2.24. The first-order valence-corrected chi connectivity index (χ1v) is 6.36. The Hall–Kier alpha value is -2.04. The number of carbonyl (C=O) groups excluding carboxylic acids is 1. The Kier molecular flexibility index (Phi) is 4.04. The largest absolute Gasteiger partial charge is 0.481 e. The van der Waals surface area contributed by atoms with Gasteiger partial charge in [0.2, 0.25) is 0 Å². The summed E-state index contributed by atoms with van der Waals surface area (Å²) in [5, 5.41) is 8.58. The van der Waals surface area contributed by atoms with Crippen LogP contribution in [0.1, 0.15) is 24.0 Å². The van der Waals surface area contributed by atoms with Crippen LogP contribution < -0.4 is 0 Å². The minimum absolute atomic E-state index is 0.0402. The Balaban J connectivity index is 1.86. The molecule has 2 rings (SSSR count). The molecule has 1 aliphatic heterocycles. The Morgan fingerprint density at radius 2 is 1.84 bits per heavy atom. The molecule has 0 saturated heterocycles. The van der Waals surface area contributed by atoms with Crippen molar-refractivity contribution in [3.63, 3.8) is 0 Å². The number of hydrogen-bond donors (Lipinski definition) is 1. The van der Waals surface area contributed by atoms with Gasteiger partial charge in [-0.25, -0.2) is 4.79 Å². The number of urea groups is 1. The highest BCUT2D eigenvalue weighted by molar-refractivity contribution is 5.75. The first-order chi connectivity index (χ1) is 9.08. The topological polar surface area (TPSA) is 60.9 Å². The molecule has 5 nitrogen and oxygen atoms in total. The Labute approximate surface area is 112 Å². The van der Waals surface area contributed by atoms with Crippen LogP contribution in [0.5, 0.6) is 0 Å². The van der Waals surface area contributed by atoms with Crippen molar-refractivity contribution in [1.82, 2.24) is 9.80 Å². The van der Waals surface area contributed by atoms with E-state index in [2.05, 4.69) is 0 Å². The van der Waals surface area contributed by atoms with Crippen LogP contribution in [-0.4, -0.2) is 40.5 Å². The summed E-state index contributed by atoms with van der Waals surface area (Å²) < 4.78 is 0. The minimum Gasteiger partial charge on any atom is -0.481 e. The first-order valence-electron chi connectivity index (χ1n) is 6.36. The lowest BCUT2D eigenvalue weighted by Gasteiger charge is -2.24. The molecule has 102 valence electrons. The molecular weight excluding hydrogens is 244 g/mol. The van der Waals surface area contributed by atoms with E-state index in [4.69, 9.17) is 5.11 Å². The molecule has 0 aliphatic carbocycles. The second-order valence-electron chi connectivity index (χ2n) is 4.83. The van der Waals surface area contributed by atoms with Gasteiger partial charge in [-0.05, 0) is 17.5 Å². The second kappa shape index (κ2) is 5.73. The van der Waals surface area contributed by atoms with E-state index in [9.17, 15) is 9.59 Å². The Bertz CT molecular complexity index is 462. The molecule has 2 amide bonds. The van der Waals surface area contributed by atoms with Crippen molar-refractivity contribution in [2.45, 2.75) is 25.9 Å². The number of nitrogens with zero attached hydrogens (tertiary/aromatic N) is 2. The zero-order valence-electron chi connectivity index (χ0n) is 11.0. The van der Waals surface area contributed by atoms with Crippen LogP contribution >= 0.6 is 0 Å². The van der Waals surface area contributed by atoms with Gasteiger partial charge in [-0.3, -0.25) is 4.79 Å². The van der Waals surface area contributed by atoms with Gasteiger partial charge in [0.15, 0.2) is 0 Å². The summed E-state index contributed by atoms with van der Waals surface area (Å²) in [4.78, 5) is 26.0. The molecule has 0 atom stereocenters. The number of carboxylic acid groups (broad SMARTS) is 1. The van der Waals surface area contributed by atoms with Gasteiger partial charge in [0, 0.05) is 33.1 Å². The third kappa shape index (κ3) is 3.24. The summed E-state index contributed by atoms with van der Waals surface area (Å²) in [5.74, 6) is -0.825. The van der Waals surface area contributed by atoms with E-state index in [0.717, 1.165) is 0 Å². The predicted molar refractivity (Wildman–Crippen MR) is 70.6 cm³/mol. The number of hydrogen-bond acceptors (Lipinski definition) is 2. The van der Waals surface area contributed by atoms with Crippen molar-refractivity contribution in [3.05, 3.63) is 35.4 Å².